The number of hydrogen-bond donors (Lipinski definition) is 1. The monoisotopic (exact) mass is 372 g/mol. The molecule has 0 spiro atoms. The normalized spacial score (nSPS) is 16.3. The SMILES string of the molecule is COc1ccc(C(=O)NCC2CC(=O)N(c3ccc(F)cc3)C2)c(OC)c1. The van der Waals surface area contributed by atoms with Crippen molar-refractivity contribution < 1.29 is 23.5 Å². The van der Waals surface area contributed by atoms with Gasteiger partial charge in [-0.05, 0) is 36.4 Å². The van der Waals surface area contributed by atoms with Crippen molar-refractivity contribution in [3.63, 3.8) is 0 Å². The van der Waals surface area contributed by atoms with Crippen LogP contribution in [0.25, 0.3) is 0 Å². The Labute approximate surface area is 156 Å². The molecule has 2 amide bonds. The highest BCUT2D eigenvalue weighted by atomic mass is 19.1. The van der Waals surface area contributed by atoms with Crippen molar-refractivity contribution >= 4 is 17.5 Å². The highest BCUT2D eigenvalue weighted by Gasteiger charge is 2.31. The molecule has 1 saturated heterocycles. The highest BCUT2D eigenvalue weighted by Crippen LogP contribution is 2.26. The van der Waals surface area contributed by atoms with Crippen LogP contribution in [0.2, 0.25) is 0 Å². The quantitative estimate of drug-likeness (QED) is 0.847. The number of amides is 2. The van der Waals surface area contributed by atoms with E-state index >= 15 is 0 Å². The molecule has 0 aliphatic carbocycles. The number of hydrogen-bond acceptors (Lipinski definition) is 4. The second-order valence-corrected chi connectivity index (χ2v) is 6.33. The molecule has 3 rings (SSSR count). The molecule has 0 saturated carbocycles. The van der Waals surface area contributed by atoms with Crippen LogP contribution in [0, 0.1) is 11.7 Å². The molecule has 1 atom stereocenters. The Morgan fingerprint density at radius 2 is 1.93 bits per heavy atom. The number of halogens is 1. The van der Waals surface area contributed by atoms with Gasteiger partial charge in [0, 0.05) is 37.2 Å². The first-order valence-corrected chi connectivity index (χ1v) is 8.58. The van der Waals surface area contributed by atoms with Gasteiger partial charge in [-0.3, -0.25) is 9.59 Å². The zero-order valence-corrected chi connectivity index (χ0v) is 15.2. The molecule has 1 unspecified atom stereocenters. The van der Waals surface area contributed by atoms with E-state index in [1.165, 1.54) is 19.2 Å². The second-order valence-electron chi connectivity index (χ2n) is 6.33. The van der Waals surface area contributed by atoms with Gasteiger partial charge in [-0.15, -0.1) is 0 Å². The first-order chi connectivity index (χ1) is 13.0. The Kier molecular flexibility index (Phi) is 5.59. The van der Waals surface area contributed by atoms with E-state index in [0.717, 1.165) is 0 Å². The molecule has 7 heteroatoms. The second kappa shape index (κ2) is 8.07. The Balaban J connectivity index is 1.61. The zero-order valence-electron chi connectivity index (χ0n) is 15.2. The van der Waals surface area contributed by atoms with Crippen LogP contribution in [0.4, 0.5) is 10.1 Å². The fraction of sp³-hybridized carbons (Fsp3) is 0.300. The summed E-state index contributed by atoms with van der Waals surface area (Å²) in [6, 6.07) is 10.8. The Hall–Kier alpha value is -3.09. The number of carbonyl (C=O) groups excluding carboxylic acids is 2. The lowest BCUT2D eigenvalue weighted by atomic mass is 10.1. The molecule has 0 bridgehead atoms. The highest BCUT2D eigenvalue weighted by molar-refractivity contribution is 5.98. The van der Waals surface area contributed by atoms with Gasteiger partial charge in [-0.25, -0.2) is 4.39 Å². The van der Waals surface area contributed by atoms with Gasteiger partial charge < -0.3 is 19.7 Å². The molecular weight excluding hydrogens is 351 g/mol. The smallest absolute Gasteiger partial charge is 0.255 e. The van der Waals surface area contributed by atoms with Crippen LogP contribution in [0.15, 0.2) is 42.5 Å². The summed E-state index contributed by atoms with van der Waals surface area (Å²) in [6.45, 7) is 0.835. The zero-order chi connectivity index (χ0) is 19.4. The maximum absolute atomic E-state index is 13.1. The van der Waals surface area contributed by atoms with E-state index in [0.29, 0.717) is 42.3 Å². The average molecular weight is 372 g/mol. The summed E-state index contributed by atoms with van der Waals surface area (Å²) < 4.78 is 23.4. The lowest BCUT2D eigenvalue weighted by molar-refractivity contribution is -0.117. The minimum atomic E-state index is -0.345. The molecule has 27 heavy (non-hydrogen) atoms. The maximum Gasteiger partial charge on any atom is 0.255 e. The third-order valence-corrected chi connectivity index (χ3v) is 4.55. The standard InChI is InChI=1S/C20H21FN2O4/c1-26-16-7-8-17(18(10-16)27-2)20(25)22-11-13-9-19(24)23(12-13)15-5-3-14(21)4-6-15/h3-8,10,13H,9,11-12H2,1-2H3,(H,22,25). The van der Waals surface area contributed by atoms with Gasteiger partial charge in [0.2, 0.25) is 5.91 Å². The van der Waals surface area contributed by atoms with Gasteiger partial charge >= 0.3 is 0 Å². The maximum atomic E-state index is 13.1. The van der Waals surface area contributed by atoms with Crippen LogP contribution in [0.1, 0.15) is 16.8 Å². The first kappa shape index (κ1) is 18.7. The molecule has 1 N–H and O–H groups in total. The molecule has 2 aromatic carbocycles. The molecule has 1 heterocycles. The Bertz CT molecular complexity index is 838. The van der Waals surface area contributed by atoms with Crippen molar-refractivity contribution in [2.45, 2.75) is 6.42 Å². The predicted octanol–water partition coefficient (Wildman–Crippen LogP) is 2.63. The van der Waals surface area contributed by atoms with Crippen molar-refractivity contribution in [3.8, 4) is 11.5 Å². The average Bonchev–Trinajstić information content (AvgIpc) is 3.06. The van der Waals surface area contributed by atoms with E-state index in [1.54, 1.807) is 42.3 Å². The molecule has 2 aromatic rings. The van der Waals surface area contributed by atoms with Gasteiger partial charge in [-0.1, -0.05) is 0 Å². The third-order valence-electron chi connectivity index (χ3n) is 4.55. The lowest BCUT2D eigenvalue weighted by Gasteiger charge is -2.17. The first-order valence-electron chi connectivity index (χ1n) is 8.58. The van der Waals surface area contributed by atoms with Crippen molar-refractivity contribution in [1.29, 1.82) is 0 Å². The number of nitrogens with one attached hydrogen (secondary N) is 1. The molecule has 142 valence electrons. The Morgan fingerprint density at radius 3 is 2.59 bits per heavy atom. The number of nitrogens with zero attached hydrogens (tertiary/aromatic N) is 1. The van der Waals surface area contributed by atoms with Crippen molar-refractivity contribution in [3.05, 3.63) is 53.8 Å². The van der Waals surface area contributed by atoms with Crippen LogP contribution >= 0.6 is 0 Å². The lowest BCUT2D eigenvalue weighted by Crippen LogP contribution is -2.31. The molecule has 0 radical (unpaired) electrons. The number of anilines is 1. The van der Waals surface area contributed by atoms with E-state index in [2.05, 4.69) is 5.32 Å². The summed E-state index contributed by atoms with van der Waals surface area (Å²) in [5, 5.41) is 2.86. The molecular formula is C20H21FN2O4. The fourth-order valence-electron chi connectivity index (χ4n) is 3.11. The van der Waals surface area contributed by atoms with Gasteiger partial charge in [0.05, 0.1) is 19.8 Å². The van der Waals surface area contributed by atoms with Crippen LogP contribution in [0.5, 0.6) is 11.5 Å². The van der Waals surface area contributed by atoms with E-state index in [9.17, 15) is 14.0 Å². The molecule has 1 fully saturated rings. The summed E-state index contributed by atoms with van der Waals surface area (Å²) in [4.78, 5) is 26.3. The van der Waals surface area contributed by atoms with Gasteiger partial charge in [0.25, 0.3) is 5.91 Å². The summed E-state index contributed by atoms with van der Waals surface area (Å²) in [6.07, 6.45) is 0.331. The van der Waals surface area contributed by atoms with Crippen LogP contribution in [-0.4, -0.2) is 39.1 Å². The summed E-state index contributed by atoms with van der Waals surface area (Å²) in [5.74, 6) is 0.338. The summed E-state index contributed by atoms with van der Waals surface area (Å²) in [7, 11) is 3.03. The van der Waals surface area contributed by atoms with Gasteiger partial charge in [-0.2, -0.15) is 0 Å². The van der Waals surface area contributed by atoms with E-state index in [-0.39, 0.29) is 23.5 Å². The number of methoxy groups -OCH3 is 2. The van der Waals surface area contributed by atoms with Crippen LogP contribution in [0.3, 0.4) is 0 Å². The molecule has 6 nitrogen and oxygen atoms in total. The minimum Gasteiger partial charge on any atom is -0.497 e. The minimum absolute atomic E-state index is 0.0178. The third kappa shape index (κ3) is 4.19. The molecule has 0 aromatic heterocycles. The largest absolute Gasteiger partial charge is 0.497 e. The number of rotatable bonds is 6. The van der Waals surface area contributed by atoms with Crippen molar-refractivity contribution in [2.24, 2.45) is 5.92 Å². The molecule has 1 aliphatic heterocycles. The van der Waals surface area contributed by atoms with E-state index < -0.39 is 0 Å². The topological polar surface area (TPSA) is 67.9 Å². The fourth-order valence-corrected chi connectivity index (χ4v) is 3.11. The van der Waals surface area contributed by atoms with Crippen molar-refractivity contribution in [1.82, 2.24) is 5.32 Å². The van der Waals surface area contributed by atoms with E-state index in [4.69, 9.17) is 9.47 Å². The molecule has 1 aliphatic rings. The van der Waals surface area contributed by atoms with Gasteiger partial charge in [0.1, 0.15) is 17.3 Å². The number of benzene rings is 2. The predicted molar refractivity (Wildman–Crippen MR) is 98.7 cm³/mol. The number of ether oxygens (including phenoxy) is 2. The van der Waals surface area contributed by atoms with Crippen LogP contribution in [-0.2, 0) is 4.79 Å². The summed E-state index contributed by atoms with van der Waals surface area (Å²) >= 11 is 0. The van der Waals surface area contributed by atoms with Crippen molar-refractivity contribution in [2.75, 3.05) is 32.2 Å². The van der Waals surface area contributed by atoms with Gasteiger partial charge in [0.15, 0.2) is 0 Å². The van der Waals surface area contributed by atoms with E-state index in [1.807, 2.05) is 0 Å². The summed E-state index contributed by atoms with van der Waals surface area (Å²) in [5.41, 5.74) is 1.06. The number of carbonyl (C=O) groups is 2. The Morgan fingerprint density at radius 1 is 1.19 bits per heavy atom. The van der Waals surface area contributed by atoms with Crippen LogP contribution < -0.4 is 19.7 Å².